The van der Waals surface area contributed by atoms with Crippen molar-refractivity contribution in [2.24, 2.45) is 74.5 Å². The molecule has 2 fully saturated rings. The lowest BCUT2D eigenvalue weighted by Crippen LogP contribution is -2.43. The normalized spacial score (nSPS) is 17.9. The Balaban J connectivity index is -0.000000206. The number of nitrogens with zero attached hydrogens (tertiary/aromatic N) is 2. The molecule has 17 nitrogen and oxygen atoms in total. The van der Waals surface area contributed by atoms with Crippen molar-refractivity contribution < 1.29 is 0 Å². The van der Waals surface area contributed by atoms with E-state index in [2.05, 4.69) is 34.3 Å². The lowest BCUT2D eigenvalue weighted by molar-refractivity contribution is 0.289. The Morgan fingerprint density at radius 3 is 0.952 bits per heavy atom. The van der Waals surface area contributed by atoms with Gasteiger partial charge < -0.3 is 95.0 Å². The average Bonchev–Trinajstić information content (AvgIpc) is 3.26. The van der Waals surface area contributed by atoms with Crippen LogP contribution in [0.5, 0.6) is 0 Å². The van der Waals surface area contributed by atoms with Crippen molar-refractivity contribution in [1.29, 1.82) is 0 Å². The minimum atomic E-state index is 0.281. The quantitative estimate of drug-likeness (QED) is 0.0444. The van der Waals surface area contributed by atoms with Gasteiger partial charge in [0.1, 0.15) is 0 Å². The van der Waals surface area contributed by atoms with Gasteiger partial charge in [-0.1, -0.05) is 65.2 Å². The third-order valence-electron chi connectivity index (χ3n) is 10.2. The summed E-state index contributed by atoms with van der Waals surface area (Å²) in [6, 6.07) is 1.12. The highest BCUT2D eigenvalue weighted by atomic mass is 15.1. The van der Waals surface area contributed by atoms with Crippen LogP contribution < -0.4 is 85.2 Å². The largest absolute Gasteiger partial charge is 0.330 e. The molecule has 382 valence electrons. The third-order valence-corrected chi connectivity index (χ3v) is 10.2. The second-order valence-corrected chi connectivity index (χ2v) is 16.5. The molecule has 0 aromatic carbocycles. The molecule has 0 heterocycles. The first-order valence-corrected chi connectivity index (χ1v) is 25.2. The molecular formula is C45H117N17. The molecule has 2 rings (SSSR count). The van der Waals surface area contributed by atoms with E-state index in [1.165, 1.54) is 83.6 Å². The number of unbranched alkanes of at least 4 members (excludes halogenated alkanes) is 7. The van der Waals surface area contributed by atoms with Crippen LogP contribution in [0, 0.1) is 0 Å². The monoisotopic (exact) mass is 896 g/mol. The molecule has 0 radical (unpaired) electrons. The van der Waals surface area contributed by atoms with Gasteiger partial charge in [0.15, 0.2) is 0 Å². The van der Waals surface area contributed by atoms with E-state index in [0.717, 1.165) is 163 Å². The van der Waals surface area contributed by atoms with Gasteiger partial charge in [-0.25, -0.2) is 0 Å². The second kappa shape index (κ2) is 64.6. The van der Waals surface area contributed by atoms with Crippen molar-refractivity contribution in [1.82, 2.24) is 20.4 Å². The molecule has 2 aliphatic carbocycles. The summed E-state index contributed by atoms with van der Waals surface area (Å²) in [4.78, 5) is 4.40. The highest BCUT2D eigenvalue weighted by molar-refractivity contribution is 4.80. The zero-order valence-electron chi connectivity index (χ0n) is 41.6. The SMILES string of the molecule is CCCN(CCN)CCN.CCCNCCCCCNCCN.CN(CCN)CCN.NCCCCCCN.NCCCCCN.N[C@@H]1CCCC[C@@H]1N.N[C@@H]1CCCC[C@H]1N. The van der Waals surface area contributed by atoms with Crippen LogP contribution in [0.15, 0.2) is 0 Å². The molecule has 4 atom stereocenters. The van der Waals surface area contributed by atoms with Gasteiger partial charge in [0.05, 0.1) is 0 Å². The fourth-order valence-electron chi connectivity index (χ4n) is 6.26. The Labute approximate surface area is 385 Å². The van der Waals surface area contributed by atoms with Crippen LogP contribution in [0.3, 0.4) is 0 Å². The zero-order valence-corrected chi connectivity index (χ0v) is 41.6. The van der Waals surface area contributed by atoms with E-state index in [1.807, 2.05) is 7.05 Å². The Kier molecular flexibility index (Phi) is 73.3. The van der Waals surface area contributed by atoms with Gasteiger partial charge in [0.25, 0.3) is 0 Å². The zero-order chi connectivity index (χ0) is 47.7. The van der Waals surface area contributed by atoms with Crippen molar-refractivity contribution in [2.45, 2.75) is 166 Å². The van der Waals surface area contributed by atoms with Crippen LogP contribution in [0.2, 0.25) is 0 Å². The lowest BCUT2D eigenvalue weighted by atomic mass is 9.92. The maximum atomic E-state index is 5.65. The van der Waals surface area contributed by atoms with Crippen LogP contribution in [0.25, 0.3) is 0 Å². The smallest absolute Gasteiger partial charge is 0.0192 e. The molecule has 0 spiro atoms. The minimum Gasteiger partial charge on any atom is -0.330 e. The molecule has 28 N–H and O–H groups in total. The number of likely N-dealkylation sites (N-methyl/N-ethyl adjacent to an activating group) is 1. The van der Waals surface area contributed by atoms with Crippen molar-refractivity contribution in [3.8, 4) is 0 Å². The van der Waals surface area contributed by atoms with E-state index in [9.17, 15) is 0 Å². The average molecular weight is 897 g/mol. The van der Waals surface area contributed by atoms with E-state index in [0.29, 0.717) is 0 Å². The Morgan fingerprint density at radius 2 is 0.677 bits per heavy atom. The summed E-state index contributed by atoms with van der Waals surface area (Å²) in [5, 5.41) is 6.69. The van der Waals surface area contributed by atoms with E-state index in [4.69, 9.17) is 74.5 Å². The Hall–Kier alpha value is -0.680. The van der Waals surface area contributed by atoms with Gasteiger partial charge >= 0.3 is 0 Å². The van der Waals surface area contributed by atoms with Gasteiger partial charge in [0, 0.05) is 89.6 Å². The van der Waals surface area contributed by atoms with Gasteiger partial charge in [-0.15, -0.1) is 0 Å². The van der Waals surface area contributed by atoms with Crippen molar-refractivity contribution >= 4 is 0 Å². The highest BCUT2D eigenvalue weighted by Crippen LogP contribution is 2.15. The summed E-state index contributed by atoms with van der Waals surface area (Å²) < 4.78 is 0. The van der Waals surface area contributed by atoms with Gasteiger partial charge in [-0.05, 0) is 136 Å². The molecule has 0 aromatic rings. The molecule has 2 aliphatic rings. The summed E-state index contributed by atoms with van der Waals surface area (Å²) in [7, 11) is 2.01. The van der Waals surface area contributed by atoms with E-state index in [-0.39, 0.29) is 24.2 Å². The lowest BCUT2D eigenvalue weighted by Gasteiger charge is -2.24. The topological polar surface area (TPSA) is 369 Å². The van der Waals surface area contributed by atoms with Crippen molar-refractivity contribution in [3.05, 3.63) is 0 Å². The van der Waals surface area contributed by atoms with Crippen molar-refractivity contribution in [2.75, 3.05) is 125 Å². The van der Waals surface area contributed by atoms with Crippen LogP contribution >= 0.6 is 0 Å². The Morgan fingerprint density at radius 1 is 0.355 bits per heavy atom. The predicted octanol–water partition coefficient (Wildman–Crippen LogP) is 0.124. The predicted molar refractivity (Wildman–Crippen MR) is 277 cm³/mol. The molecule has 17 heteroatoms. The number of hydrogen-bond donors (Lipinski definition) is 15. The minimum absolute atomic E-state index is 0.281. The molecular weight excluding hydrogens is 779 g/mol. The molecule has 0 aliphatic heterocycles. The van der Waals surface area contributed by atoms with Gasteiger partial charge in [0.2, 0.25) is 0 Å². The number of hydrogen-bond acceptors (Lipinski definition) is 17. The van der Waals surface area contributed by atoms with E-state index in [1.54, 1.807) is 0 Å². The fourth-order valence-corrected chi connectivity index (χ4v) is 6.26. The first-order valence-electron chi connectivity index (χ1n) is 25.2. The molecule has 0 unspecified atom stereocenters. The molecule has 0 amide bonds. The summed E-state index contributed by atoms with van der Waals surface area (Å²) in [5.41, 5.74) is 70.4. The summed E-state index contributed by atoms with van der Waals surface area (Å²) in [6.07, 6.45) is 24.1. The summed E-state index contributed by atoms with van der Waals surface area (Å²) in [6.45, 7) is 20.6. The van der Waals surface area contributed by atoms with Crippen LogP contribution in [0.1, 0.15) is 142 Å². The standard InChI is InChI=1S/C10H25N3.C7H19N3.2C6H14N2.C6H16N2.C5H15N3.C5H14N2/c1-2-7-12-8-4-3-5-9-13-10-6-11;1-2-5-10(6-3-8)7-4-9;2*7-5-3-1-2-4-6(5)8;7-5-3-1-2-4-6-8;1-8(4-2-6)5-3-7;6-4-2-1-3-5-7/h12-13H,2-11H2,1H3;2-9H2,1H3;2*5-6H,1-4,7-8H2;1-8H2;2-7H2,1H3;1-7H2/t;;5-,6+;5-,6-;;;/m...1.../s1. The number of rotatable bonds is 29. The van der Waals surface area contributed by atoms with E-state index < -0.39 is 0 Å². The molecule has 0 aromatic heterocycles. The maximum absolute atomic E-state index is 5.65. The summed E-state index contributed by atoms with van der Waals surface area (Å²) >= 11 is 0. The van der Waals surface area contributed by atoms with Crippen LogP contribution in [-0.2, 0) is 0 Å². The number of nitrogens with one attached hydrogen (secondary N) is 2. The van der Waals surface area contributed by atoms with E-state index >= 15 is 0 Å². The number of nitrogens with two attached hydrogens (primary N) is 13. The molecule has 0 bridgehead atoms. The van der Waals surface area contributed by atoms with Gasteiger partial charge in [-0.3, -0.25) is 0 Å². The molecule has 0 saturated heterocycles. The Bertz CT molecular complexity index is 652. The van der Waals surface area contributed by atoms with Crippen molar-refractivity contribution in [3.63, 3.8) is 0 Å². The highest BCUT2D eigenvalue weighted by Gasteiger charge is 2.17. The second-order valence-electron chi connectivity index (χ2n) is 16.5. The third kappa shape index (κ3) is 65.9. The maximum Gasteiger partial charge on any atom is 0.0192 e. The van der Waals surface area contributed by atoms with Gasteiger partial charge in [-0.2, -0.15) is 0 Å². The fraction of sp³-hybridized carbons (Fsp3) is 1.00. The van der Waals surface area contributed by atoms with Crippen LogP contribution in [-0.4, -0.2) is 159 Å². The molecule has 62 heavy (non-hydrogen) atoms. The summed E-state index contributed by atoms with van der Waals surface area (Å²) in [5.74, 6) is 0. The first-order chi connectivity index (χ1) is 30.0. The molecule has 2 saturated carbocycles. The van der Waals surface area contributed by atoms with Crippen LogP contribution in [0.4, 0.5) is 0 Å². The first kappa shape index (κ1) is 70.3.